The quantitative estimate of drug-likeness (QED) is 0.161. The first-order chi connectivity index (χ1) is 26.8. The molecule has 0 saturated heterocycles. The van der Waals surface area contributed by atoms with E-state index in [9.17, 15) is 0 Å². The Morgan fingerprint density at radius 1 is 0.315 bits per heavy atom. The van der Waals surface area contributed by atoms with E-state index in [1.165, 1.54) is 85.5 Å². The topological polar surface area (TPSA) is 3.24 Å². The largest absolute Gasteiger partial charge is 0.309 e. The number of rotatable bonds is 5. The molecule has 1 aromatic heterocycles. The highest BCUT2D eigenvalue weighted by atomic mass is 32.1. The molecule has 0 N–H and O–H groups in total. The Kier molecular flexibility index (Phi) is 7.11. The minimum atomic E-state index is 1.14. The summed E-state index contributed by atoms with van der Waals surface area (Å²) in [5, 5.41) is 12.7. The summed E-state index contributed by atoms with van der Waals surface area (Å²) < 4.78 is 2.62. The lowest BCUT2D eigenvalue weighted by Gasteiger charge is -2.29. The van der Waals surface area contributed by atoms with E-state index in [0.717, 1.165) is 17.1 Å². The summed E-state index contributed by atoms with van der Waals surface area (Å²) in [5.41, 5.74) is 8.29. The minimum Gasteiger partial charge on any atom is -0.309 e. The Hall–Kier alpha value is -6.74. The van der Waals surface area contributed by atoms with Gasteiger partial charge >= 0.3 is 0 Å². The van der Waals surface area contributed by atoms with Crippen LogP contribution in [0.4, 0.5) is 17.1 Å². The van der Waals surface area contributed by atoms with Gasteiger partial charge in [-0.1, -0.05) is 170 Å². The van der Waals surface area contributed by atoms with Crippen molar-refractivity contribution in [3.63, 3.8) is 0 Å². The van der Waals surface area contributed by atoms with Gasteiger partial charge in [0.25, 0.3) is 0 Å². The van der Waals surface area contributed by atoms with Crippen molar-refractivity contribution in [2.75, 3.05) is 4.90 Å². The molecule has 0 aliphatic rings. The second kappa shape index (κ2) is 12.4. The summed E-state index contributed by atoms with van der Waals surface area (Å²) in [6, 6.07) is 73.5. The number of fused-ring (bicyclic) bond motifs is 9. The number of para-hydroxylation sites is 1. The van der Waals surface area contributed by atoms with E-state index in [0.29, 0.717) is 0 Å². The summed E-state index contributed by atoms with van der Waals surface area (Å²) in [4.78, 5) is 2.48. The van der Waals surface area contributed by atoms with Crippen LogP contribution in [0, 0.1) is 0 Å². The lowest BCUT2D eigenvalue weighted by molar-refractivity contribution is 1.30. The van der Waals surface area contributed by atoms with Crippen molar-refractivity contribution in [2.24, 2.45) is 0 Å². The molecule has 0 amide bonds. The first-order valence-corrected chi connectivity index (χ1v) is 19.3. The van der Waals surface area contributed by atoms with E-state index in [2.05, 4.69) is 205 Å². The molecule has 0 spiro atoms. The van der Waals surface area contributed by atoms with Gasteiger partial charge < -0.3 is 4.90 Å². The fourth-order valence-electron chi connectivity index (χ4n) is 8.57. The molecule has 10 aromatic carbocycles. The van der Waals surface area contributed by atoms with Gasteiger partial charge in [-0.05, 0) is 84.7 Å². The van der Waals surface area contributed by atoms with Crippen molar-refractivity contribution in [3.05, 3.63) is 200 Å². The zero-order chi connectivity index (χ0) is 35.6. The van der Waals surface area contributed by atoms with Crippen LogP contribution in [0.5, 0.6) is 0 Å². The molecule has 0 aliphatic carbocycles. The minimum absolute atomic E-state index is 1.14. The highest BCUT2D eigenvalue weighted by molar-refractivity contribution is 7.26. The van der Waals surface area contributed by atoms with E-state index < -0.39 is 0 Å². The van der Waals surface area contributed by atoms with E-state index in [-0.39, 0.29) is 0 Å². The Balaban J connectivity index is 1.18. The van der Waals surface area contributed by atoms with Gasteiger partial charge in [0, 0.05) is 36.8 Å². The Bertz CT molecular complexity index is 3230. The molecule has 252 valence electrons. The van der Waals surface area contributed by atoms with E-state index in [1.807, 2.05) is 11.3 Å². The predicted octanol–water partition coefficient (Wildman–Crippen LogP) is 15.5. The predicted molar refractivity (Wildman–Crippen MR) is 235 cm³/mol. The van der Waals surface area contributed by atoms with Gasteiger partial charge in [-0.3, -0.25) is 0 Å². The molecule has 0 aliphatic heterocycles. The SMILES string of the molecule is c1ccc(-c2ccccc2N(c2ccc3c(c2)sc2c4ccccc4ccc32)c2cccc3c(-c4cc5ccccc5c5ccccc45)cccc23)cc1. The molecule has 0 saturated carbocycles. The first kappa shape index (κ1) is 30.8. The molecule has 1 heterocycles. The van der Waals surface area contributed by atoms with Crippen LogP contribution in [0.15, 0.2) is 200 Å². The number of hydrogen-bond acceptors (Lipinski definition) is 2. The second-order valence-corrected chi connectivity index (χ2v) is 15.1. The van der Waals surface area contributed by atoms with Crippen molar-refractivity contribution in [2.45, 2.75) is 0 Å². The molecule has 1 nitrogen and oxygen atoms in total. The average molecular weight is 704 g/mol. The van der Waals surface area contributed by atoms with Crippen molar-refractivity contribution < 1.29 is 0 Å². The first-order valence-electron chi connectivity index (χ1n) is 18.5. The Labute approximate surface area is 317 Å². The summed E-state index contributed by atoms with van der Waals surface area (Å²) >= 11 is 1.89. The van der Waals surface area contributed by atoms with Gasteiger partial charge in [0.15, 0.2) is 0 Å². The van der Waals surface area contributed by atoms with Crippen LogP contribution in [0.2, 0.25) is 0 Å². The molecule has 11 aromatic rings. The smallest absolute Gasteiger partial charge is 0.0540 e. The number of thiophene rings is 1. The zero-order valence-corrected chi connectivity index (χ0v) is 30.2. The lowest BCUT2D eigenvalue weighted by Crippen LogP contribution is -2.11. The molecule has 0 atom stereocenters. The molecule has 0 unspecified atom stereocenters. The van der Waals surface area contributed by atoms with Crippen LogP contribution in [0.1, 0.15) is 0 Å². The van der Waals surface area contributed by atoms with Crippen LogP contribution in [0.3, 0.4) is 0 Å². The zero-order valence-electron chi connectivity index (χ0n) is 29.4. The van der Waals surface area contributed by atoms with Crippen LogP contribution in [-0.2, 0) is 0 Å². The van der Waals surface area contributed by atoms with Gasteiger partial charge in [0.2, 0.25) is 0 Å². The third-order valence-corrected chi connectivity index (χ3v) is 12.2. The highest BCUT2D eigenvalue weighted by Gasteiger charge is 2.21. The third kappa shape index (κ3) is 4.85. The van der Waals surface area contributed by atoms with Crippen LogP contribution in [-0.4, -0.2) is 0 Å². The van der Waals surface area contributed by atoms with Crippen LogP contribution >= 0.6 is 11.3 Å². The fraction of sp³-hybridized carbons (Fsp3) is 0. The van der Waals surface area contributed by atoms with Crippen molar-refractivity contribution in [3.8, 4) is 22.3 Å². The standard InChI is InChI=1S/C52H33NS/c1-2-14-34(15-3-1)39-19-10-11-26-49(39)53(37-29-31-46-47-30-28-35-16-4-7-20-40(35)52(47)54-51(46)33-37)50-27-13-24-42-44(23-12-25-45(42)50)48-32-36-17-5-6-18-38(36)41-21-8-9-22-43(41)48/h1-33H. The van der Waals surface area contributed by atoms with E-state index in [1.54, 1.807) is 0 Å². The Morgan fingerprint density at radius 3 is 1.81 bits per heavy atom. The third-order valence-electron chi connectivity index (χ3n) is 11.0. The second-order valence-electron chi connectivity index (χ2n) is 14.0. The summed E-state index contributed by atoms with van der Waals surface area (Å²) in [5.74, 6) is 0. The summed E-state index contributed by atoms with van der Waals surface area (Å²) in [7, 11) is 0. The number of hydrogen-bond donors (Lipinski definition) is 0. The van der Waals surface area contributed by atoms with Crippen molar-refractivity contribution in [1.82, 2.24) is 0 Å². The lowest BCUT2D eigenvalue weighted by atomic mass is 9.90. The normalized spacial score (nSPS) is 11.7. The van der Waals surface area contributed by atoms with Gasteiger partial charge in [-0.25, -0.2) is 0 Å². The van der Waals surface area contributed by atoms with E-state index >= 15 is 0 Å². The molecule has 0 fully saturated rings. The molecule has 0 radical (unpaired) electrons. The molecule has 54 heavy (non-hydrogen) atoms. The van der Waals surface area contributed by atoms with Crippen molar-refractivity contribution >= 4 is 91.7 Å². The molecular formula is C52H33NS. The summed E-state index contributed by atoms with van der Waals surface area (Å²) in [6.07, 6.45) is 0. The Morgan fingerprint density at radius 2 is 0.926 bits per heavy atom. The van der Waals surface area contributed by atoms with Gasteiger partial charge in [-0.15, -0.1) is 11.3 Å². The maximum absolute atomic E-state index is 2.48. The number of nitrogens with zero attached hydrogens (tertiary/aromatic N) is 1. The number of benzene rings is 10. The number of anilines is 3. The van der Waals surface area contributed by atoms with Gasteiger partial charge in [0.05, 0.1) is 11.4 Å². The van der Waals surface area contributed by atoms with Gasteiger partial charge in [0.1, 0.15) is 0 Å². The molecule has 0 bridgehead atoms. The van der Waals surface area contributed by atoms with E-state index in [4.69, 9.17) is 0 Å². The summed E-state index contributed by atoms with van der Waals surface area (Å²) in [6.45, 7) is 0. The maximum Gasteiger partial charge on any atom is 0.0540 e. The fourth-order valence-corrected chi connectivity index (χ4v) is 9.84. The van der Waals surface area contributed by atoms with Gasteiger partial charge in [-0.2, -0.15) is 0 Å². The highest BCUT2D eigenvalue weighted by Crippen LogP contribution is 2.48. The monoisotopic (exact) mass is 703 g/mol. The van der Waals surface area contributed by atoms with Crippen LogP contribution < -0.4 is 4.90 Å². The van der Waals surface area contributed by atoms with Crippen molar-refractivity contribution in [1.29, 1.82) is 0 Å². The average Bonchev–Trinajstić information content (AvgIpc) is 3.62. The molecule has 11 rings (SSSR count). The molecular weight excluding hydrogens is 671 g/mol. The molecule has 2 heteroatoms. The maximum atomic E-state index is 2.48. The van der Waals surface area contributed by atoms with Crippen LogP contribution in [0.25, 0.3) is 85.5 Å².